The molecule has 0 heterocycles. The van der Waals surface area contributed by atoms with Crippen molar-refractivity contribution in [2.75, 3.05) is 26.3 Å². The van der Waals surface area contributed by atoms with E-state index >= 15 is 0 Å². The third kappa shape index (κ3) is 14.0. The van der Waals surface area contributed by atoms with Crippen molar-refractivity contribution >= 4 is 29.9 Å². The van der Waals surface area contributed by atoms with Crippen molar-refractivity contribution in [3.05, 3.63) is 0 Å². The van der Waals surface area contributed by atoms with Gasteiger partial charge in [-0.3, -0.25) is 4.99 Å². The Kier molecular flexibility index (Phi) is 13.1. The molecule has 98 valence electrons. The maximum Gasteiger partial charge on any atom is 0.188 e. The van der Waals surface area contributed by atoms with Crippen molar-refractivity contribution in [2.24, 2.45) is 22.6 Å². The summed E-state index contributed by atoms with van der Waals surface area (Å²) in [5.41, 5.74) is 5.65. The Morgan fingerprint density at radius 1 is 1.25 bits per heavy atom. The zero-order valence-electron chi connectivity index (χ0n) is 10.8. The minimum Gasteiger partial charge on any atom is -0.379 e. The summed E-state index contributed by atoms with van der Waals surface area (Å²) < 4.78 is 5.40. The molecule has 0 spiro atoms. The highest BCUT2D eigenvalue weighted by molar-refractivity contribution is 14.0. The van der Waals surface area contributed by atoms with Crippen molar-refractivity contribution < 1.29 is 4.74 Å². The zero-order valence-corrected chi connectivity index (χ0v) is 13.2. The van der Waals surface area contributed by atoms with Crippen LogP contribution >= 0.6 is 24.0 Å². The van der Waals surface area contributed by atoms with Crippen LogP contribution in [0.5, 0.6) is 0 Å². The number of halogens is 1. The molecule has 0 aromatic carbocycles. The average molecular weight is 343 g/mol. The van der Waals surface area contributed by atoms with E-state index in [-0.39, 0.29) is 24.0 Å². The summed E-state index contributed by atoms with van der Waals surface area (Å²) in [6, 6.07) is 0. The van der Waals surface area contributed by atoms with Crippen LogP contribution < -0.4 is 11.1 Å². The lowest BCUT2D eigenvalue weighted by molar-refractivity contribution is 0.114. The number of nitrogens with zero attached hydrogens (tertiary/aromatic N) is 1. The fourth-order valence-electron chi connectivity index (χ4n) is 0.907. The summed E-state index contributed by atoms with van der Waals surface area (Å²) in [5.74, 6) is 1.64. The van der Waals surface area contributed by atoms with Gasteiger partial charge in [0.2, 0.25) is 0 Å². The van der Waals surface area contributed by atoms with E-state index in [0.29, 0.717) is 24.4 Å². The van der Waals surface area contributed by atoms with Gasteiger partial charge in [-0.05, 0) is 11.8 Å². The molecule has 3 N–H and O–H groups in total. The molecule has 0 rings (SSSR count). The average Bonchev–Trinajstić information content (AvgIpc) is 2.13. The van der Waals surface area contributed by atoms with Crippen LogP contribution in [0.15, 0.2) is 4.99 Å². The maximum absolute atomic E-state index is 5.65. The molecule has 16 heavy (non-hydrogen) atoms. The van der Waals surface area contributed by atoms with Crippen LogP contribution in [0.2, 0.25) is 0 Å². The van der Waals surface area contributed by atoms with Crippen molar-refractivity contribution in [1.29, 1.82) is 0 Å². The van der Waals surface area contributed by atoms with Crippen LogP contribution in [0.3, 0.4) is 0 Å². The monoisotopic (exact) mass is 343 g/mol. The Balaban J connectivity index is 0. The largest absolute Gasteiger partial charge is 0.379 e. The second kappa shape index (κ2) is 11.4. The van der Waals surface area contributed by atoms with E-state index in [9.17, 15) is 0 Å². The fraction of sp³-hybridized carbons (Fsp3) is 0.909. The molecule has 5 heteroatoms. The number of hydrogen-bond acceptors (Lipinski definition) is 2. The molecule has 0 atom stereocenters. The van der Waals surface area contributed by atoms with Gasteiger partial charge in [0.05, 0.1) is 6.61 Å². The molecule has 0 radical (unpaired) electrons. The second-order valence-electron chi connectivity index (χ2n) is 4.52. The van der Waals surface area contributed by atoms with E-state index in [1.54, 1.807) is 0 Å². The van der Waals surface area contributed by atoms with E-state index < -0.39 is 0 Å². The third-order valence-electron chi connectivity index (χ3n) is 1.63. The van der Waals surface area contributed by atoms with Crippen LogP contribution in [-0.2, 0) is 4.74 Å². The number of hydrogen-bond donors (Lipinski definition) is 2. The second-order valence-corrected chi connectivity index (χ2v) is 4.52. The molecule has 0 aromatic heterocycles. The summed E-state index contributed by atoms with van der Waals surface area (Å²) >= 11 is 0. The van der Waals surface area contributed by atoms with Gasteiger partial charge in [0.1, 0.15) is 0 Å². The highest BCUT2D eigenvalue weighted by Crippen LogP contribution is 1.91. The van der Waals surface area contributed by atoms with Gasteiger partial charge >= 0.3 is 0 Å². The normalized spacial score (nSPS) is 11.8. The number of nitrogens with one attached hydrogen (secondary N) is 1. The van der Waals surface area contributed by atoms with Crippen molar-refractivity contribution in [2.45, 2.75) is 27.7 Å². The van der Waals surface area contributed by atoms with E-state index in [1.165, 1.54) is 0 Å². The Labute approximate surface area is 116 Å². The molecule has 0 saturated heterocycles. The maximum atomic E-state index is 5.65. The summed E-state index contributed by atoms with van der Waals surface area (Å²) in [7, 11) is 0. The number of ether oxygens (including phenoxy) is 1. The first kappa shape index (κ1) is 18.3. The van der Waals surface area contributed by atoms with Gasteiger partial charge in [0.25, 0.3) is 0 Å². The van der Waals surface area contributed by atoms with Crippen LogP contribution in [0.1, 0.15) is 27.7 Å². The van der Waals surface area contributed by atoms with Gasteiger partial charge in [-0.2, -0.15) is 0 Å². The minimum atomic E-state index is 0. The van der Waals surface area contributed by atoms with Gasteiger partial charge in [-0.1, -0.05) is 27.7 Å². The smallest absolute Gasteiger partial charge is 0.188 e. The van der Waals surface area contributed by atoms with Crippen molar-refractivity contribution in [3.63, 3.8) is 0 Å². The van der Waals surface area contributed by atoms with Gasteiger partial charge in [-0.15, -0.1) is 24.0 Å². The molecule has 0 unspecified atom stereocenters. The first-order valence-corrected chi connectivity index (χ1v) is 5.64. The van der Waals surface area contributed by atoms with Crippen molar-refractivity contribution in [3.8, 4) is 0 Å². The number of aliphatic imine (C=N–C) groups is 1. The molecular formula is C11H26IN3O. The predicted octanol–water partition coefficient (Wildman–Crippen LogP) is 1.84. The van der Waals surface area contributed by atoms with E-state index in [2.05, 4.69) is 38.0 Å². The van der Waals surface area contributed by atoms with Gasteiger partial charge in [0, 0.05) is 19.7 Å². The first-order valence-electron chi connectivity index (χ1n) is 5.64. The third-order valence-corrected chi connectivity index (χ3v) is 1.63. The Morgan fingerprint density at radius 2 is 1.88 bits per heavy atom. The van der Waals surface area contributed by atoms with Gasteiger partial charge in [-0.25, -0.2) is 0 Å². The highest BCUT2D eigenvalue weighted by Gasteiger charge is 1.95. The van der Waals surface area contributed by atoms with Gasteiger partial charge < -0.3 is 15.8 Å². The lowest BCUT2D eigenvalue weighted by atomic mass is 10.2. The molecule has 0 bridgehead atoms. The minimum absolute atomic E-state index is 0. The van der Waals surface area contributed by atoms with E-state index in [4.69, 9.17) is 10.5 Å². The van der Waals surface area contributed by atoms with Crippen LogP contribution in [0, 0.1) is 11.8 Å². The zero-order chi connectivity index (χ0) is 11.7. The van der Waals surface area contributed by atoms with Crippen molar-refractivity contribution in [1.82, 2.24) is 5.32 Å². The number of nitrogens with two attached hydrogens (primary N) is 1. The van der Waals surface area contributed by atoms with Gasteiger partial charge in [0.15, 0.2) is 5.96 Å². The summed E-state index contributed by atoms with van der Waals surface area (Å²) in [6.45, 7) is 11.5. The molecule has 0 aromatic rings. The molecule has 4 nitrogen and oxygen atoms in total. The molecule has 0 aliphatic carbocycles. The first-order chi connectivity index (χ1) is 7.02. The Morgan fingerprint density at radius 3 is 2.38 bits per heavy atom. The summed E-state index contributed by atoms with van der Waals surface area (Å²) in [6.07, 6.45) is 0. The van der Waals surface area contributed by atoms with E-state index in [1.807, 2.05) is 0 Å². The topological polar surface area (TPSA) is 59.6 Å². The lowest BCUT2D eigenvalue weighted by Gasteiger charge is -2.08. The SMILES string of the molecule is CC(C)CN=C(N)NCCOCC(C)C.I. The Hall–Kier alpha value is -0.0400. The predicted molar refractivity (Wildman–Crippen MR) is 80.4 cm³/mol. The molecular weight excluding hydrogens is 317 g/mol. The summed E-state index contributed by atoms with van der Waals surface area (Å²) in [5, 5.41) is 3.01. The number of guanidine groups is 1. The molecule has 0 fully saturated rings. The Bertz CT molecular complexity index is 184. The molecule has 0 aliphatic heterocycles. The fourth-order valence-corrected chi connectivity index (χ4v) is 0.907. The van der Waals surface area contributed by atoms with Crippen LogP contribution in [0.4, 0.5) is 0 Å². The van der Waals surface area contributed by atoms with Crippen LogP contribution in [0.25, 0.3) is 0 Å². The number of rotatable bonds is 7. The molecule has 0 aliphatic rings. The standard InChI is InChI=1S/C11H25N3O.HI/c1-9(2)7-14-11(12)13-5-6-15-8-10(3)4;/h9-10H,5-8H2,1-4H3,(H3,12,13,14);1H. The lowest BCUT2D eigenvalue weighted by Crippen LogP contribution is -2.34. The quantitative estimate of drug-likeness (QED) is 0.321. The molecule has 0 amide bonds. The summed E-state index contributed by atoms with van der Waals surface area (Å²) in [4.78, 5) is 4.18. The van der Waals surface area contributed by atoms with Crippen LogP contribution in [-0.4, -0.2) is 32.3 Å². The molecule has 0 saturated carbocycles. The highest BCUT2D eigenvalue weighted by atomic mass is 127. The van der Waals surface area contributed by atoms with E-state index in [0.717, 1.165) is 19.7 Å².